The van der Waals surface area contributed by atoms with Crippen LogP contribution in [0.1, 0.15) is 25.0 Å². The summed E-state index contributed by atoms with van der Waals surface area (Å²) in [5.41, 5.74) is 2.28. The number of carbonyl (C=O) groups excluding carboxylic acids is 2. The maximum Gasteiger partial charge on any atom is 0.328 e. The first kappa shape index (κ1) is 27.6. The van der Waals surface area contributed by atoms with Gasteiger partial charge in [0, 0.05) is 44.0 Å². The van der Waals surface area contributed by atoms with Gasteiger partial charge in [-0.25, -0.2) is 9.59 Å². The van der Waals surface area contributed by atoms with Crippen LogP contribution in [0.15, 0.2) is 58.3 Å². The first-order chi connectivity index (χ1) is 16.6. The summed E-state index contributed by atoms with van der Waals surface area (Å²) in [4.78, 5) is 46.7. The van der Waals surface area contributed by atoms with Crippen molar-refractivity contribution in [3.63, 3.8) is 0 Å². The Morgan fingerprint density at radius 3 is 2.03 bits per heavy atom. The summed E-state index contributed by atoms with van der Waals surface area (Å²) in [6.45, 7) is 4.55. The zero-order valence-electron chi connectivity index (χ0n) is 19.6. The van der Waals surface area contributed by atoms with Crippen LogP contribution in [-0.2, 0) is 32.0 Å². The molecular weight excluding hydrogens is 474 g/mol. The number of hydrogen-bond donors (Lipinski definition) is 2. The van der Waals surface area contributed by atoms with E-state index in [4.69, 9.17) is 19.7 Å². The number of hydrogen-bond acceptors (Lipinski definition) is 8. The highest BCUT2D eigenvalue weighted by molar-refractivity contribution is 7.99. The maximum atomic E-state index is 11.8. The second kappa shape index (κ2) is 13.3. The van der Waals surface area contributed by atoms with Gasteiger partial charge in [-0.2, -0.15) is 0 Å². The third-order valence-electron chi connectivity index (χ3n) is 4.73. The van der Waals surface area contributed by atoms with Gasteiger partial charge in [0.25, 0.3) is 0 Å². The lowest BCUT2D eigenvalue weighted by Gasteiger charge is -2.19. The van der Waals surface area contributed by atoms with Crippen molar-refractivity contribution in [1.29, 1.82) is 0 Å². The van der Waals surface area contributed by atoms with Gasteiger partial charge in [0.05, 0.1) is 4.90 Å². The van der Waals surface area contributed by atoms with E-state index in [9.17, 15) is 19.2 Å². The predicted molar refractivity (Wildman–Crippen MR) is 129 cm³/mol. The molecule has 186 valence electrons. The Hall–Kier alpha value is -3.63. The fourth-order valence-corrected chi connectivity index (χ4v) is 4.38. The van der Waals surface area contributed by atoms with Crippen LogP contribution in [-0.4, -0.2) is 59.1 Å². The number of fused-ring (bicyclic) bond motifs is 1. The molecule has 0 radical (unpaired) electrons. The lowest BCUT2D eigenvalue weighted by Crippen LogP contribution is -2.20. The number of benzene rings is 2. The quantitative estimate of drug-likeness (QED) is 0.345. The number of carbonyl (C=O) groups is 4. The Labute approximate surface area is 207 Å². The maximum absolute atomic E-state index is 11.8. The van der Waals surface area contributed by atoms with Crippen LogP contribution >= 0.6 is 11.8 Å². The molecule has 0 unspecified atom stereocenters. The molecule has 2 aromatic rings. The van der Waals surface area contributed by atoms with Crippen LogP contribution in [0.2, 0.25) is 0 Å². The van der Waals surface area contributed by atoms with Crippen molar-refractivity contribution >= 4 is 35.6 Å². The minimum atomic E-state index is -1.26. The van der Waals surface area contributed by atoms with E-state index in [0.717, 1.165) is 46.8 Å². The van der Waals surface area contributed by atoms with Crippen molar-refractivity contribution in [3.05, 3.63) is 59.7 Å². The molecular formula is C25H27NO8S. The number of nitrogens with zero attached hydrogens (tertiary/aromatic N) is 1. The highest BCUT2D eigenvalue weighted by atomic mass is 32.2. The molecule has 0 aromatic heterocycles. The molecule has 0 atom stereocenters. The van der Waals surface area contributed by atoms with Gasteiger partial charge in [0.1, 0.15) is 0 Å². The standard InChI is InChI=1S/C21H23NO4S.C4H4O4/c1-14(23)25-19-13-16-9-11-22(3)12-10-18(16)21(20(19)26-15(2)24)27-17-7-5-4-6-8-17;5-3(6)1-2-4(7)8/h4-8,13H,9-12H2,1-3H3;1-2H,(H,5,6)(H,7,8)/b;2-1+. The molecule has 0 aliphatic carbocycles. The van der Waals surface area contributed by atoms with E-state index in [-0.39, 0.29) is 0 Å². The summed E-state index contributed by atoms with van der Waals surface area (Å²) in [6.07, 6.45) is 2.81. The van der Waals surface area contributed by atoms with Crippen LogP contribution in [0.4, 0.5) is 0 Å². The van der Waals surface area contributed by atoms with Crippen LogP contribution in [0.5, 0.6) is 11.5 Å². The molecule has 2 N–H and O–H groups in total. The van der Waals surface area contributed by atoms with Gasteiger partial charge in [-0.3, -0.25) is 9.59 Å². The molecule has 1 aliphatic rings. The van der Waals surface area contributed by atoms with E-state index in [1.54, 1.807) is 0 Å². The van der Waals surface area contributed by atoms with Gasteiger partial charge < -0.3 is 24.6 Å². The zero-order valence-corrected chi connectivity index (χ0v) is 20.5. The Balaban J connectivity index is 0.000000466. The molecule has 0 amide bonds. The molecule has 1 heterocycles. The zero-order chi connectivity index (χ0) is 26.0. The van der Waals surface area contributed by atoms with Gasteiger partial charge in [-0.05, 0) is 49.2 Å². The van der Waals surface area contributed by atoms with E-state index >= 15 is 0 Å². The van der Waals surface area contributed by atoms with E-state index in [2.05, 4.69) is 11.9 Å². The van der Waals surface area contributed by atoms with Crippen LogP contribution < -0.4 is 9.47 Å². The lowest BCUT2D eigenvalue weighted by molar-refractivity contribution is -0.134. The molecule has 3 rings (SSSR count). The van der Waals surface area contributed by atoms with Gasteiger partial charge >= 0.3 is 23.9 Å². The highest BCUT2D eigenvalue weighted by Crippen LogP contribution is 2.46. The fourth-order valence-electron chi connectivity index (χ4n) is 3.26. The van der Waals surface area contributed by atoms with Crippen LogP contribution in [0, 0.1) is 0 Å². The van der Waals surface area contributed by atoms with Crippen LogP contribution in [0.25, 0.3) is 0 Å². The minimum absolute atomic E-state index is 0.305. The SMILES string of the molecule is CC(=O)Oc1cc2c(c(Sc3ccccc3)c1OC(C)=O)CCN(C)CC2.O=C(O)/C=C/C(=O)O. The second-order valence-electron chi connectivity index (χ2n) is 7.59. The number of carboxylic acids is 2. The first-order valence-corrected chi connectivity index (χ1v) is 11.5. The summed E-state index contributed by atoms with van der Waals surface area (Å²) in [5, 5.41) is 15.6. The van der Waals surface area contributed by atoms with Gasteiger partial charge in [0.15, 0.2) is 11.5 Å². The Morgan fingerprint density at radius 1 is 0.914 bits per heavy atom. The average Bonchev–Trinajstić information content (AvgIpc) is 2.96. The van der Waals surface area contributed by atoms with E-state index in [1.165, 1.54) is 25.6 Å². The monoisotopic (exact) mass is 501 g/mol. The Morgan fingerprint density at radius 2 is 1.49 bits per heavy atom. The third kappa shape index (κ3) is 9.26. The summed E-state index contributed by atoms with van der Waals surface area (Å²) in [5.74, 6) is -2.76. The molecule has 10 heteroatoms. The van der Waals surface area contributed by atoms with Gasteiger partial charge in [-0.1, -0.05) is 30.0 Å². The fraction of sp³-hybridized carbons (Fsp3) is 0.280. The lowest BCUT2D eigenvalue weighted by atomic mass is 10.0. The average molecular weight is 502 g/mol. The molecule has 0 saturated carbocycles. The van der Waals surface area contributed by atoms with Crippen LogP contribution in [0.3, 0.4) is 0 Å². The van der Waals surface area contributed by atoms with Crippen molar-refractivity contribution in [2.24, 2.45) is 0 Å². The summed E-state index contributed by atoms with van der Waals surface area (Å²) in [7, 11) is 2.09. The number of likely N-dealkylation sites (N-methyl/N-ethyl adjacent to an activating group) is 1. The number of rotatable bonds is 6. The number of esters is 2. The normalized spacial score (nSPS) is 13.1. The van der Waals surface area contributed by atoms with E-state index in [1.807, 2.05) is 36.4 Å². The number of ether oxygens (including phenoxy) is 2. The smallest absolute Gasteiger partial charge is 0.328 e. The summed E-state index contributed by atoms with van der Waals surface area (Å²) >= 11 is 1.54. The van der Waals surface area contributed by atoms with Crippen molar-refractivity contribution in [2.45, 2.75) is 36.5 Å². The molecule has 0 spiro atoms. The number of carboxylic acid groups (broad SMARTS) is 2. The topological polar surface area (TPSA) is 130 Å². The Kier molecular flexibility index (Phi) is 10.5. The van der Waals surface area contributed by atoms with Crippen molar-refractivity contribution in [2.75, 3.05) is 20.1 Å². The largest absolute Gasteiger partial charge is 0.478 e. The molecule has 0 bridgehead atoms. The van der Waals surface area contributed by atoms with Crippen molar-refractivity contribution in [1.82, 2.24) is 4.90 Å². The highest BCUT2D eigenvalue weighted by Gasteiger charge is 2.25. The second-order valence-corrected chi connectivity index (χ2v) is 8.67. The molecule has 1 aliphatic heterocycles. The van der Waals surface area contributed by atoms with Gasteiger partial charge in [0.2, 0.25) is 0 Å². The van der Waals surface area contributed by atoms with E-state index in [0.29, 0.717) is 23.7 Å². The number of aliphatic carboxylic acids is 2. The van der Waals surface area contributed by atoms with E-state index < -0.39 is 23.9 Å². The van der Waals surface area contributed by atoms with Gasteiger partial charge in [-0.15, -0.1) is 0 Å². The van der Waals surface area contributed by atoms with Crippen molar-refractivity contribution < 1.29 is 38.9 Å². The summed E-state index contributed by atoms with van der Waals surface area (Å²) in [6, 6.07) is 11.8. The third-order valence-corrected chi connectivity index (χ3v) is 5.88. The first-order valence-electron chi connectivity index (χ1n) is 10.7. The molecule has 2 aromatic carbocycles. The predicted octanol–water partition coefficient (Wildman–Crippen LogP) is 3.43. The molecule has 9 nitrogen and oxygen atoms in total. The van der Waals surface area contributed by atoms with Crippen molar-refractivity contribution in [3.8, 4) is 11.5 Å². The molecule has 0 saturated heterocycles. The molecule has 0 fully saturated rings. The minimum Gasteiger partial charge on any atom is -0.478 e. The summed E-state index contributed by atoms with van der Waals surface area (Å²) < 4.78 is 10.9. The molecule has 35 heavy (non-hydrogen) atoms. The Bertz CT molecular complexity index is 1100.